The summed E-state index contributed by atoms with van der Waals surface area (Å²) >= 11 is 0. The molecule has 0 unspecified atom stereocenters. The van der Waals surface area contributed by atoms with E-state index in [9.17, 15) is 4.39 Å². The average Bonchev–Trinajstić information content (AvgIpc) is 2.19. The van der Waals surface area contributed by atoms with Crippen LogP contribution in [0.4, 0.5) is 4.39 Å². The Morgan fingerprint density at radius 2 is 2.00 bits per heavy atom. The molecule has 0 radical (unpaired) electrons. The Morgan fingerprint density at radius 1 is 1.31 bits per heavy atom. The highest BCUT2D eigenvalue weighted by molar-refractivity contribution is 5.16. The molecule has 0 bridgehead atoms. The maximum atomic E-state index is 12.8. The van der Waals surface area contributed by atoms with Gasteiger partial charge >= 0.3 is 0 Å². The number of halogens is 1. The van der Waals surface area contributed by atoms with Crippen LogP contribution in [-0.2, 0) is 6.54 Å². The predicted molar refractivity (Wildman–Crippen MR) is 63.8 cm³/mol. The number of benzene rings is 1. The number of rotatable bonds is 5. The van der Waals surface area contributed by atoms with Crippen LogP contribution >= 0.6 is 0 Å². The summed E-state index contributed by atoms with van der Waals surface area (Å²) in [6, 6.07) is 7.50. The predicted octanol–water partition coefficient (Wildman–Crippen LogP) is 2.01. The fourth-order valence-corrected chi connectivity index (χ4v) is 2.03. The molecule has 16 heavy (non-hydrogen) atoms. The summed E-state index contributed by atoms with van der Waals surface area (Å²) in [5, 5.41) is 3.29. The van der Waals surface area contributed by atoms with Gasteiger partial charge in [-0.25, -0.2) is 4.39 Å². The zero-order valence-corrected chi connectivity index (χ0v) is 9.75. The van der Waals surface area contributed by atoms with Crippen molar-refractivity contribution in [1.29, 1.82) is 0 Å². The molecule has 0 spiro atoms. The molecular formula is C13H19FN2. The molecule has 2 nitrogen and oxygen atoms in total. The van der Waals surface area contributed by atoms with Crippen molar-refractivity contribution in [2.75, 3.05) is 19.6 Å². The highest BCUT2D eigenvalue weighted by Crippen LogP contribution is 2.12. The molecule has 2 rings (SSSR count). The largest absolute Gasteiger partial charge is 0.314 e. The van der Waals surface area contributed by atoms with Gasteiger partial charge in [0.1, 0.15) is 5.82 Å². The van der Waals surface area contributed by atoms with Gasteiger partial charge in [0.05, 0.1) is 0 Å². The first kappa shape index (κ1) is 11.6. The Hall–Kier alpha value is -0.930. The Balaban J connectivity index is 1.96. The monoisotopic (exact) mass is 222 g/mol. The van der Waals surface area contributed by atoms with Crippen molar-refractivity contribution in [2.24, 2.45) is 0 Å². The van der Waals surface area contributed by atoms with E-state index < -0.39 is 0 Å². The third-order valence-electron chi connectivity index (χ3n) is 3.09. The van der Waals surface area contributed by atoms with E-state index in [0.717, 1.165) is 32.6 Å². The SMILES string of the molecule is CCCN(Cc1ccc(F)cc1)C1CNC1. The molecule has 0 saturated carbocycles. The molecule has 1 saturated heterocycles. The fraction of sp³-hybridized carbons (Fsp3) is 0.538. The van der Waals surface area contributed by atoms with Crippen LogP contribution in [0.15, 0.2) is 24.3 Å². The van der Waals surface area contributed by atoms with Crippen molar-refractivity contribution < 1.29 is 4.39 Å². The molecule has 1 fully saturated rings. The molecule has 1 heterocycles. The van der Waals surface area contributed by atoms with E-state index in [1.807, 2.05) is 12.1 Å². The van der Waals surface area contributed by atoms with Crippen LogP contribution in [0.3, 0.4) is 0 Å². The zero-order valence-electron chi connectivity index (χ0n) is 9.75. The summed E-state index contributed by atoms with van der Waals surface area (Å²) in [5.41, 5.74) is 1.20. The van der Waals surface area contributed by atoms with Crippen molar-refractivity contribution >= 4 is 0 Å². The molecular weight excluding hydrogens is 203 g/mol. The number of nitrogens with zero attached hydrogens (tertiary/aromatic N) is 1. The minimum absolute atomic E-state index is 0.156. The second kappa shape index (κ2) is 5.41. The topological polar surface area (TPSA) is 15.3 Å². The van der Waals surface area contributed by atoms with Gasteiger partial charge in [-0.2, -0.15) is 0 Å². The van der Waals surface area contributed by atoms with Gasteiger partial charge in [-0.3, -0.25) is 4.90 Å². The number of hydrogen-bond acceptors (Lipinski definition) is 2. The molecule has 1 aliphatic rings. The van der Waals surface area contributed by atoms with Crippen LogP contribution in [0, 0.1) is 5.82 Å². The minimum atomic E-state index is -0.156. The Kier molecular flexibility index (Phi) is 3.91. The van der Waals surface area contributed by atoms with Crippen molar-refractivity contribution in [3.63, 3.8) is 0 Å². The lowest BCUT2D eigenvalue weighted by atomic mass is 10.1. The Morgan fingerprint density at radius 3 is 2.50 bits per heavy atom. The summed E-state index contributed by atoms with van der Waals surface area (Å²) in [6.07, 6.45) is 1.16. The van der Waals surface area contributed by atoms with Gasteiger partial charge in [0.15, 0.2) is 0 Å². The van der Waals surface area contributed by atoms with Crippen molar-refractivity contribution in [3.05, 3.63) is 35.6 Å². The molecule has 1 aromatic rings. The highest BCUT2D eigenvalue weighted by atomic mass is 19.1. The summed E-state index contributed by atoms with van der Waals surface area (Å²) < 4.78 is 12.8. The normalized spacial score (nSPS) is 16.4. The molecule has 0 amide bonds. The first-order valence-electron chi connectivity index (χ1n) is 5.99. The number of nitrogens with one attached hydrogen (secondary N) is 1. The fourth-order valence-electron chi connectivity index (χ4n) is 2.03. The molecule has 3 heteroatoms. The quantitative estimate of drug-likeness (QED) is 0.820. The van der Waals surface area contributed by atoms with Crippen LogP contribution in [-0.4, -0.2) is 30.6 Å². The highest BCUT2D eigenvalue weighted by Gasteiger charge is 2.23. The zero-order chi connectivity index (χ0) is 11.4. The van der Waals surface area contributed by atoms with Gasteiger partial charge in [-0.1, -0.05) is 19.1 Å². The smallest absolute Gasteiger partial charge is 0.123 e. The van der Waals surface area contributed by atoms with Crippen LogP contribution in [0.2, 0.25) is 0 Å². The summed E-state index contributed by atoms with van der Waals surface area (Å²) in [7, 11) is 0. The Bertz CT molecular complexity index is 319. The molecule has 1 aromatic carbocycles. The van der Waals surface area contributed by atoms with Gasteiger partial charge in [-0.15, -0.1) is 0 Å². The lowest BCUT2D eigenvalue weighted by molar-refractivity contribution is 0.138. The molecule has 88 valence electrons. The van der Waals surface area contributed by atoms with E-state index in [1.165, 1.54) is 5.56 Å². The van der Waals surface area contributed by atoms with Crippen molar-refractivity contribution in [2.45, 2.75) is 25.9 Å². The van der Waals surface area contributed by atoms with Crippen LogP contribution in [0.1, 0.15) is 18.9 Å². The van der Waals surface area contributed by atoms with Gasteiger partial charge in [0, 0.05) is 25.7 Å². The van der Waals surface area contributed by atoms with E-state index in [0.29, 0.717) is 6.04 Å². The second-order valence-corrected chi connectivity index (χ2v) is 4.41. The third kappa shape index (κ3) is 2.80. The third-order valence-corrected chi connectivity index (χ3v) is 3.09. The maximum Gasteiger partial charge on any atom is 0.123 e. The first-order chi connectivity index (χ1) is 7.79. The maximum absolute atomic E-state index is 12.8. The summed E-state index contributed by atoms with van der Waals surface area (Å²) in [6.45, 7) is 6.41. The average molecular weight is 222 g/mol. The standard InChI is InChI=1S/C13H19FN2/c1-2-7-16(13-8-15-9-13)10-11-3-5-12(14)6-4-11/h3-6,13,15H,2,7-10H2,1H3. The first-order valence-corrected chi connectivity index (χ1v) is 5.99. The summed E-state index contributed by atoms with van der Waals surface area (Å²) in [5.74, 6) is -0.156. The van der Waals surface area contributed by atoms with Crippen molar-refractivity contribution in [1.82, 2.24) is 10.2 Å². The van der Waals surface area contributed by atoms with E-state index in [2.05, 4.69) is 17.1 Å². The van der Waals surface area contributed by atoms with E-state index in [1.54, 1.807) is 12.1 Å². The minimum Gasteiger partial charge on any atom is -0.314 e. The van der Waals surface area contributed by atoms with Gasteiger partial charge in [0.25, 0.3) is 0 Å². The van der Waals surface area contributed by atoms with Gasteiger partial charge in [-0.05, 0) is 30.7 Å². The van der Waals surface area contributed by atoms with Gasteiger partial charge in [0.2, 0.25) is 0 Å². The molecule has 0 atom stereocenters. The lowest BCUT2D eigenvalue weighted by Crippen LogP contribution is -2.56. The Labute approximate surface area is 96.5 Å². The lowest BCUT2D eigenvalue weighted by Gasteiger charge is -2.38. The second-order valence-electron chi connectivity index (χ2n) is 4.41. The molecule has 1 N–H and O–H groups in total. The van der Waals surface area contributed by atoms with E-state index in [4.69, 9.17) is 0 Å². The van der Waals surface area contributed by atoms with Gasteiger partial charge < -0.3 is 5.32 Å². The van der Waals surface area contributed by atoms with Crippen molar-refractivity contribution in [3.8, 4) is 0 Å². The van der Waals surface area contributed by atoms with Crippen LogP contribution < -0.4 is 5.32 Å². The number of hydrogen-bond donors (Lipinski definition) is 1. The van der Waals surface area contributed by atoms with Crippen LogP contribution in [0.25, 0.3) is 0 Å². The molecule has 1 aliphatic heterocycles. The van der Waals surface area contributed by atoms with E-state index >= 15 is 0 Å². The molecule has 0 aromatic heterocycles. The molecule has 0 aliphatic carbocycles. The van der Waals surface area contributed by atoms with E-state index in [-0.39, 0.29) is 5.82 Å². The summed E-state index contributed by atoms with van der Waals surface area (Å²) in [4.78, 5) is 2.48. The van der Waals surface area contributed by atoms with Crippen LogP contribution in [0.5, 0.6) is 0 Å².